The summed E-state index contributed by atoms with van der Waals surface area (Å²) in [5.41, 5.74) is 0. The van der Waals surface area contributed by atoms with Gasteiger partial charge in [0.25, 0.3) is 0 Å². The van der Waals surface area contributed by atoms with Gasteiger partial charge in [0, 0.05) is 19.1 Å². The molecular formula is C15H30N2O. The summed E-state index contributed by atoms with van der Waals surface area (Å²) in [7, 11) is 0. The summed E-state index contributed by atoms with van der Waals surface area (Å²) in [4.78, 5) is 14.2. The van der Waals surface area contributed by atoms with Crippen molar-refractivity contribution in [2.45, 2.75) is 71.9 Å². The van der Waals surface area contributed by atoms with Crippen LogP contribution in [0.25, 0.3) is 0 Å². The number of hydrogen-bond donors (Lipinski definition) is 1. The van der Waals surface area contributed by atoms with Gasteiger partial charge in [-0.15, -0.1) is 0 Å². The highest BCUT2D eigenvalue weighted by molar-refractivity contribution is 5.81. The Balaban J connectivity index is 2.40. The first kappa shape index (κ1) is 15.5. The fourth-order valence-corrected chi connectivity index (χ4v) is 2.64. The van der Waals surface area contributed by atoms with E-state index >= 15 is 0 Å². The van der Waals surface area contributed by atoms with Crippen LogP contribution in [0.15, 0.2) is 0 Å². The van der Waals surface area contributed by atoms with Gasteiger partial charge in [-0.1, -0.05) is 27.2 Å². The number of hydrogen-bond acceptors (Lipinski definition) is 2. The number of carbonyl (C=O) groups excluding carboxylic acids is 1. The van der Waals surface area contributed by atoms with E-state index in [0.717, 1.165) is 25.4 Å². The van der Waals surface area contributed by atoms with E-state index in [4.69, 9.17) is 0 Å². The Morgan fingerprint density at radius 2 is 1.78 bits per heavy atom. The Morgan fingerprint density at radius 3 is 2.28 bits per heavy atom. The number of rotatable bonds is 7. The van der Waals surface area contributed by atoms with Gasteiger partial charge in [0.2, 0.25) is 5.91 Å². The third-order valence-electron chi connectivity index (χ3n) is 4.15. The van der Waals surface area contributed by atoms with E-state index in [-0.39, 0.29) is 11.9 Å². The van der Waals surface area contributed by atoms with Crippen LogP contribution >= 0.6 is 0 Å². The highest BCUT2D eigenvalue weighted by Crippen LogP contribution is 2.14. The quantitative estimate of drug-likeness (QED) is 0.757. The molecule has 3 atom stereocenters. The Morgan fingerprint density at radius 1 is 1.17 bits per heavy atom. The second kappa shape index (κ2) is 7.78. The first-order valence-electron chi connectivity index (χ1n) is 7.63. The molecular weight excluding hydrogens is 224 g/mol. The summed E-state index contributed by atoms with van der Waals surface area (Å²) >= 11 is 0. The largest absolute Gasteiger partial charge is 0.341 e. The zero-order valence-electron chi connectivity index (χ0n) is 12.5. The number of likely N-dealkylation sites (tertiary alicyclic amines) is 1. The second-order valence-corrected chi connectivity index (χ2v) is 5.78. The molecule has 106 valence electrons. The van der Waals surface area contributed by atoms with Crippen molar-refractivity contribution in [2.75, 3.05) is 13.1 Å². The molecule has 1 rings (SSSR count). The maximum absolute atomic E-state index is 12.2. The average molecular weight is 254 g/mol. The topological polar surface area (TPSA) is 32.3 Å². The van der Waals surface area contributed by atoms with Crippen LogP contribution in [-0.4, -0.2) is 36.0 Å². The zero-order chi connectivity index (χ0) is 13.5. The maximum atomic E-state index is 12.2. The monoisotopic (exact) mass is 254 g/mol. The molecule has 0 aromatic carbocycles. The van der Waals surface area contributed by atoms with Crippen LogP contribution in [0, 0.1) is 5.92 Å². The van der Waals surface area contributed by atoms with Crippen molar-refractivity contribution < 1.29 is 4.79 Å². The molecule has 1 fully saturated rings. The maximum Gasteiger partial charge on any atom is 0.239 e. The molecule has 0 bridgehead atoms. The molecule has 3 unspecified atom stereocenters. The lowest BCUT2D eigenvalue weighted by molar-refractivity contribution is -0.132. The van der Waals surface area contributed by atoms with Gasteiger partial charge in [0.15, 0.2) is 0 Å². The molecule has 0 radical (unpaired) electrons. The summed E-state index contributed by atoms with van der Waals surface area (Å²) in [5.74, 6) is 1.02. The minimum atomic E-state index is -0.0305. The van der Waals surface area contributed by atoms with Crippen LogP contribution in [0.3, 0.4) is 0 Å². The molecule has 1 heterocycles. The highest BCUT2D eigenvalue weighted by Gasteiger charge is 2.24. The van der Waals surface area contributed by atoms with Gasteiger partial charge in [-0.25, -0.2) is 0 Å². The lowest BCUT2D eigenvalue weighted by Crippen LogP contribution is -2.47. The van der Waals surface area contributed by atoms with E-state index in [1.165, 1.54) is 25.7 Å². The number of nitrogens with one attached hydrogen (secondary N) is 1. The van der Waals surface area contributed by atoms with Gasteiger partial charge >= 0.3 is 0 Å². The van der Waals surface area contributed by atoms with Crippen molar-refractivity contribution in [1.82, 2.24) is 10.2 Å². The molecule has 0 aromatic heterocycles. The standard InChI is InChI=1S/C15H30N2O/c1-5-12(3)11-14(6-2)16-13(4)15(18)17-9-7-8-10-17/h12-14,16H,5-11H2,1-4H3. The van der Waals surface area contributed by atoms with Gasteiger partial charge in [0.05, 0.1) is 6.04 Å². The summed E-state index contributed by atoms with van der Waals surface area (Å²) in [5, 5.41) is 3.52. The Bertz CT molecular complexity index is 249. The Kier molecular flexibility index (Phi) is 6.69. The summed E-state index contributed by atoms with van der Waals surface area (Å²) in [6.07, 6.45) is 5.82. The van der Waals surface area contributed by atoms with Gasteiger partial charge in [-0.3, -0.25) is 4.79 Å². The predicted molar refractivity (Wildman–Crippen MR) is 76.6 cm³/mol. The number of carbonyl (C=O) groups is 1. The minimum Gasteiger partial charge on any atom is -0.341 e. The van der Waals surface area contributed by atoms with Crippen molar-refractivity contribution in [2.24, 2.45) is 5.92 Å². The summed E-state index contributed by atoms with van der Waals surface area (Å²) in [6.45, 7) is 10.6. The smallest absolute Gasteiger partial charge is 0.239 e. The molecule has 0 saturated carbocycles. The Labute approximate surface area is 112 Å². The van der Waals surface area contributed by atoms with E-state index < -0.39 is 0 Å². The highest BCUT2D eigenvalue weighted by atomic mass is 16.2. The van der Waals surface area contributed by atoms with Crippen molar-refractivity contribution >= 4 is 5.91 Å². The van der Waals surface area contributed by atoms with E-state index in [0.29, 0.717) is 6.04 Å². The normalized spacial score (nSPS) is 20.8. The van der Waals surface area contributed by atoms with Gasteiger partial charge in [-0.2, -0.15) is 0 Å². The van der Waals surface area contributed by atoms with E-state index in [1.807, 2.05) is 11.8 Å². The number of amides is 1. The fourth-order valence-electron chi connectivity index (χ4n) is 2.64. The van der Waals surface area contributed by atoms with Crippen LogP contribution < -0.4 is 5.32 Å². The molecule has 1 aliphatic heterocycles. The summed E-state index contributed by atoms with van der Waals surface area (Å²) in [6, 6.07) is 0.443. The first-order chi connectivity index (χ1) is 8.58. The van der Waals surface area contributed by atoms with Crippen molar-refractivity contribution in [3.63, 3.8) is 0 Å². The predicted octanol–water partition coefficient (Wildman–Crippen LogP) is 2.80. The van der Waals surface area contributed by atoms with Crippen molar-refractivity contribution in [3.8, 4) is 0 Å². The molecule has 1 amide bonds. The molecule has 1 saturated heterocycles. The van der Waals surface area contributed by atoms with Crippen LogP contribution in [-0.2, 0) is 4.79 Å². The second-order valence-electron chi connectivity index (χ2n) is 5.78. The third kappa shape index (κ3) is 4.60. The molecule has 1 aliphatic rings. The van der Waals surface area contributed by atoms with Crippen LogP contribution in [0.4, 0.5) is 0 Å². The lowest BCUT2D eigenvalue weighted by atomic mass is 9.97. The van der Waals surface area contributed by atoms with Crippen LogP contribution in [0.1, 0.15) is 59.8 Å². The van der Waals surface area contributed by atoms with Crippen LogP contribution in [0.2, 0.25) is 0 Å². The average Bonchev–Trinajstić information content (AvgIpc) is 2.90. The molecule has 3 nitrogen and oxygen atoms in total. The van der Waals surface area contributed by atoms with E-state index in [1.54, 1.807) is 0 Å². The van der Waals surface area contributed by atoms with Crippen molar-refractivity contribution in [1.29, 1.82) is 0 Å². The zero-order valence-corrected chi connectivity index (χ0v) is 12.5. The van der Waals surface area contributed by atoms with Crippen molar-refractivity contribution in [3.05, 3.63) is 0 Å². The fraction of sp³-hybridized carbons (Fsp3) is 0.933. The third-order valence-corrected chi connectivity index (χ3v) is 4.15. The first-order valence-corrected chi connectivity index (χ1v) is 7.63. The van der Waals surface area contributed by atoms with Crippen LogP contribution in [0.5, 0.6) is 0 Å². The molecule has 18 heavy (non-hydrogen) atoms. The lowest BCUT2D eigenvalue weighted by Gasteiger charge is -2.27. The van der Waals surface area contributed by atoms with Gasteiger partial charge in [-0.05, 0) is 38.5 Å². The number of nitrogens with zero attached hydrogens (tertiary/aromatic N) is 1. The molecule has 1 N–H and O–H groups in total. The Hall–Kier alpha value is -0.570. The van der Waals surface area contributed by atoms with Gasteiger partial charge < -0.3 is 10.2 Å². The van der Waals surface area contributed by atoms with Gasteiger partial charge in [0.1, 0.15) is 0 Å². The summed E-state index contributed by atoms with van der Waals surface area (Å²) < 4.78 is 0. The SMILES string of the molecule is CCC(C)CC(CC)NC(C)C(=O)N1CCCC1. The molecule has 0 spiro atoms. The minimum absolute atomic E-state index is 0.0305. The van der Waals surface area contributed by atoms with E-state index in [9.17, 15) is 4.79 Å². The molecule has 0 aliphatic carbocycles. The molecule has 3 heteroatoms. The molecule has 0 aromatic rings. The van der Waals surface area contributed by atoms with E-state index in [2.05, 4.69) is 26.1 Å².